The first kappa shape index (κ1) is 11.2. The third-order valence-corrected chi connectivity index (χ3v) is 4.72. The van der Waals surface area contributed by atoms with Crippen molar-refractivity contribution in [1.29, 1.82) is 0 Å². The molecule has 1 spiro atoms. The summed E-state index contributed by atoms with van der Waals surface area (Å²) in [4.78, 5) is 8.12. The Hall–Kier alpha value is -1.62. The first-order valence-corrected chi connectivity index (χ1v) is 6.82. The van der Waals surface area contributed by atoms with Crippen LogP contribution in [0.3, 0.4) is 0 Å². The average Bonchev–Trinajstić information content (AvgIpc) is 2.69. The van der Waals surface area contributed by atoms with Crippen LogP contribution in [0.25, 0.3) is 11.3 Å². The molecule has 0 atom stereocenters. The Morgan fingerprint density at radius 2 is 2.05 bits per heavy atom. The van der Waals surface area contributed by atoms with Crippen molar-refractivity contribution in [2.75, 3.05) is 11.9 Å². The second kappa shape index (κ2) is 3.48. The molecule has 1 aliphatic carbocycles. The highest BCUT2D eigenvalue weighted by Crippen LogP contribution is 2.55. The monoisotopic (exact) mass is 275 g/mol. The Morgan fingerprint density at radius 3 is 2.74 bits per heavy atom. The van der Waals surface area contributed by atoms with Crippen LogP contribution < -0.4 is 4.90 Å². The lowest BCUT2D eigenvalue weighted by Gasteiger charge is -2.51. The van der Waals surface area contributed by atoms with E-state index in [-0.39, 0.29) is 5.54 Å². The molecule has 0 saturated heterocycles. The summed E-state index contributed by atoms with van der Waals surface area (Å²) in [7, 11) is 3.95. The Balaban J connectivity index is 2.07. The molecule has 3 heterocycles. The predicted octanol–water partition coefficient (Wildman–Crippen LogP) is 2.36. The molecule has 1 saturated carbocycles. The van der Waals surface area contributed by atoms with Gasteiger partial charge in [-0.2, -0.15) is 15.0 Å². The van der Waals surface area contributed by atoms with Crippen molar-refractivity contribution in [2.24, 2.45) is 7.05 Å². The van der Waals surface area contributed by atoms with Crippen LogP contribution in [0, 0.1) is 0 Å². The Kier molecular flexibility index (Phi) is 2.05. The van der Waals surface area contributed by atoms with E-state index >= 15 is 0 Å². The standard InChI is InChI=1S/C13H14ClN5/c1-18-10-8(4-7-15-12(10)14)9-11(17-19(2)16-9)13(18)5-3-6-13/h4,7H,3,5-6H2,1-2H3. The summed E-state index contributed by atoms with van der Waals surface area (Å²) in [5.41, 5.74) is 4.02. The van der Waals surface area contributed by atoms with E-state index in [2.05, 4.69) is 27.1 Å². The molecule has 4 rings (SSSR count). The minimum absolute atomic E-state index is 0.0384. The fraction of sp³-hybridized carbons (Fsp3) is 0.462. The molecular weight excluding hydrogens is 262 g/mol. The van der Waals surface area contributed by atoms with Crippen molar-refractivity contribution in [2.45, 2.75) is 24.8 Å². The van der Waals surface area contributed by atoms with Crippen LogP contribution in [0.5, 0.6) is 0 Å². The largest absolute Gasteiger partial charge is 0.360 e. The molecule has 6 heteroatoms. The van der Waals surface area contributed by atoms with Crippen LogP contribution in [0.1, 0.15) is 25.0 Å². The van der Waals surface area contributed by atoms with Crippen LogP contribution >= 0.6 is 11.6 Å². The Morgan fingerprint density at radius 1 is 1.26 bits per heavy atom. The first-order valence-electron chi connectivity index (χ1n) is 6.44. The molecule has 0 unspecified atom stereocenters. The van der Waals surface area contributed by atoms with Crippen molar-refractivity contribution >= 4 is 17.3 Å². The molecule has 0 bridgehead atoms. The Bertz CT molecular complexity index is 674. The van der Waals surface area contributed by atoms with Crippen LogP contribution in [0.4, 0.5) is 5.69 Å². The molecule has 98 valence electrons. The molecule has 0 aromatic carbocycles. The van der Waals surface area contributed by atoms with Crippen LogP contribution in [-0.2, 0) is 12.6 Å². The van der Waals surface area contributed by atoms with Gasteiger partial charge >= 0.3 is 0 Å². The van der Waals surface area contributed by atoms with E-state index < -0.39 is 0 Å². The lowest BCUT2D eigenvalue weighted by Crippen LogP contribution is -2.52. The lowest BCUT2D eigenvalue weighted by molar-refractivity contribution is 0.231. The first-order chi connectivity index (χ1) is 9.13. The van der Waals surface area contributed by atoms with Crippen molar-refractivity contribution in [1.82, 2.24) is 20.0 Å². The summed E-state index contributed by atoms with van der Waals surface area (Å²) in [6.07, 6.45) is 5.14. The number of aryl methyl sites for hydroxylation is 1. The molecule has 0 amide bonds. The van der Waals surface area contributed by atoms with Gasteiger partial charge in [0.1, 0.15) is 11.4 Å². The number of nitrogens with zero attached hydrogens (tertiary/aromatic N) is 5. The van der Waals surface area contributed by atoms with Crippen molar-refractivity contribution in [3.05, 3.63) is 23.1 Å². The van der Waals surface area contributed by atoms with Gasteiger partial charge in [-0.05, 0) is 25.3 Å². The average molecular weight is 276 g/mol. The number of halogens is 1. The van der Waals surface area contributed by atoms with Gasteiger partial charge in [0.25, 0.3) is 0 Å². The molecule has 2 aliphatic rings. The van der Waals surface area contributed by atoms with Crippen LogP contribution in [-0.4, -0.2) is 27.0 Å². The predicted molar refractivity (Wildman–Crippen MR) is 73.2 cm³/mol. The van der Waals surface area contributed by atoms with Crippen molar-refractivity contribution in [3.8, 4) is 11.3 Å². The van der Waals surface area contributed by atoms with Gasteiger partial charge in [-0.15, -0.1) is 0 Å². The highest BCUT2D eigenvalue weighted by Gasteiger charge is 2.50. The summed E-state index contributed by atoms with van der Waals surface area (Å²) in [5.74, 6) is 0. The quantitative estimate of drug-likeness (QED) is 0.693. The van der Waals surface area contributed by atoms with Crippen molar-refractivity contribution in [3.63, 3.8) is 0 Å². The second-order valence-electron chi connectivity index (χ2n) is 5.33. The van der Waals surface area contributed by atoms with Crippen LogP contribution in [0.2, 0.25) is 5.15 Å². The third kappa shape index (κ3) is 1.23. The minimum Gasteiger partial charge on any atom is -0.360 e. The number of anilines is 1. The van der Waals surface area contributed by atoms with Gasteiger partial charge in [0.2, 0.25) is 0 Å². The number of hydrogen-bond acceptors (Lipinski definition) is 4. The maximum Gasteiger partial charge on any atom is 0.152 e. The highest BCUT2D eigenvalue weighted by molar-refractivity contribution is 6.32. The van der Waals surface area contributed by atoms with E-state index in [0.29, 0.717) is 5.15 Å². The molecule has 5 nitrogen and oxygen atoms in total. The van der Waals surface area contributed by atoms with Gasteiger partial charge in [0.05, 0.1) is 11.2 Å². The molecule has 1 fully saturated rings. The maximum absolute atomic E-state index is 6.31. The zero-order valence-corrected chi connectivity index (χ0v) is 11.6. The van der Waals surface area contributed by atoms with Gasteiger partial charge < -0.3 is 4.90 Å². The number of fused-ring (bicyclic) bond motifs is 4. The molecule has 1 aliphatic heterocycles. The minimum atomic E-state index is -0.0384. The summed E-state index contributed by atoms with van der Waals surface area (Å²) in [6, 6.07) is 1.97. The van der Waals surface area contributed by atoms with E-state index in [1.54, 1.807) is 11.0 Å². The molecule has 0 N–H and O–H groups in total. The molecule has 19 heavy (non-hydrogen) atoms. The van der Waals surface area contributed by atoms with E-state index in [4.69, 9.17) is 11.6 Å². The summed E-state index contributed by atoms with van der Waals surface area (Å²) < 4.78 is 0. The van der Waals surface area contributed by atoms with E-state index in [1.807, 2.05) is 13.1 Å². The van der Waals surface area contributed by atoms with E-state index in [1.165, 1.54) is 6.42 Å². The summed E-state index contributed by atoms with van der Waals surface area (Å²) >= 11 is 6.31. The maximum atomic E-state index is 6.31. The fourth-order valence-electron chi connectivity index (χ4n) is 3.30. The zero-order valence-electron chi connectivity index (χ0n) is 10.9. The number of aromatic nitrogens is 4. The number of rotatable bonds is 0. The molecular formula is C13H14ClN5. The molecule has 0 radical (unpaired) electrons. The van der Waals surface area contributed by atoms with Crippen molar-refractivity contribution < 1.29 is 0 Å². The highest BCUT2D eigenvalue weighted by atomic mass is 35.5. The number of hydrogen-bond donors (Lipinski definition) is 0. The normalized spacial score (nSPS) is 19.0. The molecule has 2 aromatic heterocycles. The SMILES string of the molecule is CN1c2c(ccnc2Cl)-c2nn(C)nc2C12CCC2. The summed E-state index contributed by atoms with van der Waals surface area (Å²) in [5, 5.41) is 9.69. The van der Waals surface area contributed by atoms with Gasteiger partial charge in [-0.3, -0.25) is 0 Å². The van der Waals surface area contributed by atoms with Gasteiger partial charge in [0, 0.05) is 25.9 Å². The fourth-order valence-corrected chi connectivity index (χ4v) is 3.58. The number of pyridine rings is 1. The second-order valence-corrected chi connectivity index (χ2v) is 5.69. The smallest absolute Gasteiger partial charge is 0.152 e. The zero-order chi connectivity index (χ0) is 13.2. The Labute approximate surface area is 116 Å². The van der Waals surface area contributed by atoms with Gasteiger partial charge in [0.15, 0.2) is 5.15 Å². The van der Waals surface area contributed by atoms with Gasteiger partial charge in [-0.25, -0.2) is 4.98 Å². The van der Waals surface area contributed by atoms with E-state index in [9.17, 15) is 0 Å². The molecule has 2 aromatic rings. The third-order valence-electron chi connectivity index (χ3n) is 4.45. The lowest BCUT2D eigenvalue weighted by atomic mass is 9.70. The van der Waals surface area contributed by atoms with Crippen LogP contribution in [0.15, 0.2) is 12.3 Å². The topological polar surface area (TPSA) is 46.8 Å². The summed E-state index contributed by atoms with van der Waals surface area (Å²) in [6.45, 7) is 0. The van der Waals surface area contributed by atoms with Gasteiger partial charge in [-0.1, -0.05) is 11.6 Å². The van der Waals surface area contributed by atoms with E-state index in [0.717, 1.165) is 35.5 Å².